The Kier molecular flexibility index (Phi) is 2.29. The van der Waals surface area contributed by atoms with Crippen molar-refractivity contribution < 1.29 is 9.52 Å². The van der Waals surface area contributed by atoms with Crippen LogP contribution in [0.25, 0.3) is 0 Å². The van der Waals surface area contributed by atoms with E-state index >= 15 is 0 Å². The van der Waals surface area contributed by atoms with Gasteiger partial charge >= 0.3 is 0 Å². The van der Waals surface area contributed by atoms with Crippen molar-refractivity contribution in [3.05, 3.63) is 36.3 Å². The average Bonchev–Trinajstić information content (AvgIpc) is 2.40. The van der Waals surface area contributed by atoms with Crippen LogP contribution in [-0.4, -0.2) is 11.7 Å². The van der Waals surface area contributed by atoms with E-state index in [1.54, 1.807) is 6.26 Å². The van der Waals surface area contributed by atoms with Crippen LogP contribution in [0.15, 0.2) is 35.0 Å². The normalized spacial score (nSPS) is 9.70. The van der Waals surface area contributed by atoms with Crippen molar-refractivity contribution in [1.82, 2.24) is 0 Å². The van der Waals surface area contributed by atoms with Gasteiger partial charge in [0.05, 0.1) is 12.9 Å². The van der Waals surface area contributed by atoms with Crippen LogP contribution in [0.4, 0.5) is 0 Å². The summed E-state index contributed by atoms with van der Waals surface area (Å²) in [5, 5.41) is 8.59. The fourth-order valence-corrected chi connectivity index (χ4v) is 0.715. The summed E-state index contributed by atoms with van der Waals surface area (Å²) in [6, 6.07) is 3.68. The van der Waals surface area contributed by atoms with Crippen LogP contribution >= 0.6 is 0 Å². The molecule has 1 N–H and O–H groups in total. The zero-order chi connectivity index (χ0) is 7.40. The molecular formula is C8H10O2. The molecule has 0 saturated carbocycles. The van der Waals surface area contributed by atoms with Crippen LogP contribution in [0.3, 0.4) is 0 Å². The van der Waals surface area contributed by atoms with Crippen molar-refractivity contribution in [2.75, 3.05) is 6.61 Å². The van der Waals surface area contributed by atoms with E-state index in [1.807, 2.05) is 12.1 Å². The molecule has 0 aliphatic rings. The second-order valence-electron chi connectivity index (χ2n) is 2.16. The Labute approximate surface area is 59.8 Å². The Bertz CT molecular complexity index is 199. The van der Waals surface area contributed by atoms with E-state index in [0.717, 1.165) is 11.3 Å². The molecule has 0 atom stereocenters. The van der Waals surface area contributed by atoms with Crippen LogP contribution in [-0.2, 0) is 6.42 Å². The van der Waals surface area contributed by atoms with Crippen molar-refractivity contribution in [3.8, 4) is 0 Å². The minimum atomic E-state index is 0.0285. The number of aliphatic hydroxyl groups is 1. The summed E-state index contributed by atoms with van der Waals surface area (Å²) in [4.78, 5) is 0. The summed E-state index contributed by atoms with van der Waals surface area (Å²) in [7, 11) is 0. The molecule has 0 aliphatic carbocycles. The Morgan fingerprint density at radius 2 is 2.50 bits per heavy atom. The van der Waals surface area contributed by atoms with Crippen molar-refractivity contribution in [3.63, 3.8) is 0 Å². The van der Waals surface area contributed by atoms with E-state index in [2.05, 4.69) is 6.58 Å². The van der Waals surface area contributed by atoms with Gasteiger partial charge in [-0.15, -0.1) is 0 Å². The van der Waals surface area contributed by atoms with E-state index < -0.39 is 0 Å². The summed E-state index contributed by atoms with van der Waals surface area (Å²) < 4.78 is 5.03. The van der Waals surface area contributed by atoms with Crippen LogP contribution in [0.5, 0.6) is 0 Å². The summed E-state index contributed by atoms with van der Waals surface area (Å²) in [5.74, 6) is 0.846. The maximum absolute atomic E-state index is 8.59. The third-order valence-corrected chi connectivity index (χ3v) is 1.23. The van der Waals surface area contributed by atoms with Gasteiger partial charge in [0.25, 0.3) is 0 Å². The third kappa shape index (κ3) is 1.74. The number of aliphatic hydroxyl groups excluding tert-OH is 1. The molecule has 0 spiro atoms. The van der Waals surface area contributed by atoms with Gasteiger partial charge in [0, 0.05) is 6.42 Å². The lowest BCUT2D eigenvalue weighted by atomic mass is 10.2. The van der Waals surface area contributed by atoms with Crippen molar-refractivity contribution >= 4 is 0 Å². The summed E-state index contributed by atoms with van der Waals surface area (Å²) in [6.45, 7) is 3.67. The third-order valence-electron chi connectivity index (χ3n) is 1.23. The highest BCUT2D eigenvalue weighted by atomic mass is 16.3. The second kappa shape index (κ2) is 3.22. The zero-order valence-corrected chi connectivity index (χ0v) is 5.71. The first-order valence-electron chi connectivity index (χ1n) is 3.13. The lowest BCUT2D eigenvalue weighted by molar-refractivity contribution is 0.326. The molecule has 54 valence electrons. The van der Waals surface area contributed by atoms with E-state index in [1.165, 1.54) is 0 Å². The molecule has 0 unspecified atom stereocenters. The van der Waals surface area contributed by atoms with Crippen LogP contribution in [0, 0.1) is 0 Å². The van der Waals surface area contributed by atoms with Gasteiger partial charge in [-0.1, -0.05) is 6.58 Å². The first-order valence-corrected chi connectivity index (χ1v) is 3.13. The van der Waals surface area contributed by atoms with E-state index in [-0.39, 0.29) is 6.61 Å². The molecule has 1 aromatic heterocycles. The minimum Gasteiger partial charge on any atom is -0.469 e. The predicted molar refractivity (Wildman–Crippen MR) is 38.6 cm³/mol. The molecule has 0 amide bonds. The van der Waals surface area contributed by atoms with Gasteiger partial charge in [-0.25, -0.2) is 0 Å². The van der Waals surface area contributed by atoms with Gasteiger partial charge in [0.15, 0.2) is 0 Å². The Morgan fingerprint density at radius 3 is 3.00 bits per heavy atom. The number of hydrogen-bond acceptors (Lipinski definition) is 2. The Balaban J connectivity index is 2.48. The van der Waals surface area contributed by atoms with E-state index in [9.17, 15) is 0 Å². The maximum Gasteiger partial charge on any atom is 0.107 e. The van der Waals surface area contributed by atoms with Gasteiger partial charge in [0.2, 0.25) is 0 Å². The highest BCUT2D eigenvalue weighted by molar-refractivity contribution is 5.09. The van der Waals surface area contributed by atoms with Gasteiger partial charge in [-0.05, 0) is 17.7 Å². The van der Waals surface area contributed by atoms with Crippen LogP contribution in [0.1, 0.15) is 5.76 Å². The number of furan rings is 1. The molecule has 2 heteroatoms. The summed E-state index contributed by atoms with van der Waals surface area (Å²) in [5.41, 5.74) is 0.773. The highest BCUT2D eigenvalue weighted by Crippen LogP contribution is 2.05. The van der Waals surface area contributed by atoms with Gasteiger partial charge in [0.1, 0.15) is 5.76 Å². The Hall–Kier alpha value is -1.02. The minimum absolute atomic E-state index is 0.0285. The summed E-state index contributed by atoms with van der Waals surface area (Å²) >= 11 is 0. The Morgan fingerprint density at radius 1 is 1.70 bits per heavy atom. The molecule has 2 nitrogen and oxygen atoms in total. The quantitative estimate of drug-likeness (QED) is 0.640. The van der Waals surface area contributed by atoms with Crippen molar-refractivity contribution in [2.45, 2.75) is 6.42 Å². The zero-order valence-electron chi connectivity index (χ0n) is 5.71. The second-order valence-corrected chi connectivity index (χ2v) is 2.16. The van der Waals surface area contributed by atoms with Gasteiger partial charge < -0.3 is 9.52 Å². The van der Waals surface area contributed by atoms with E-state index in [0.29, 0.717) is 6.42 Å². The molecule has 10 heavy (non-hydrogen) atoms. The number of rotatable bonds is 3. The molecule has 0 fully saturated rings. The molecule has 0 radical (unpaired) electrons. The SMILES string of the molecule is C=C(CO)Cc1ccco1. The predicted octanol–water partition coefficient (Wildman–Crippen LogP) is 1.37. The van der Waals surface area contributed by atoms with E-state index in [4.69, 9.17) is 9.52 Å². The number of hydrogen-bond donors (Lipinski definition) is 1. The average molecular weight is 138 g/mol. The smallest absolute Gasteiger partial charge is 0.107 e. The fraction of sp³-hybridized carbons (Fsp3) is 0.250. The highest BCUT2D eigenvalue weighted by Gasteiger charge is 1.96. The first-order chi connectivity index (χ1) is 4.83. The maximum atomic E-state index is 8.59. The lowest BCUT2D eigenvalue weighted by Gasteiger charge is -1.95. The first kappa shape index (κ1) is 7.09. The monoisotopic (exact) mass is 138 g/mol. The molecule has 1 rings (SSSR count). The molecule has 0 aliphatic heterocycles. The molecule has 0 saturated heterocycles. The van der Waals surface area contributed by atoms with Crippen LogP contribution < -0.4 is 0 Å². The molecule has 1 aromatic rings. The fourth-order valence-electron chi connectivity index (χ4n) is 0.715. The molecular weight excluding hydrogens is 128 g/mol. The topological polar surface area (TPSA) is 33.4 Å². The van der Waals surface area contributed by atoms with Gasteiger partial charge in [-0.2, -0.15) is 0 Å². The standard InChI is InChI=1S/C8H10O2/c1-7(6-9)5-8-3-2-4-10-8/h2-4,9H,1,5-6H2. The van der Waals surface area contributed by atoms with Gasteiger partial charge in [-0.3, -0.25) is 0 Å². The summed E-state index contributed by atoms with van der Waals surface area (Å²) in [6.07, 6.45) is 2.24. The van der Waals surface area contributed by atoms with Crippen molar-refractivity contribution in [2.24, 2.45) is 0 Å². The van der Waals surface area contributed by atoms with Crippen LogP contribution in [0.2, 0.25) is 0 Å². The largest absolute Gasteiger partial charge is 0.469 e. The molecule has 0 bridgehead atoms. The lowest BCUT2D eigenvalue weighted by Crippen LogP contribution is -1.91. The molecule has 0 aromatic carbocycles. The molecule has 1 heterocycles. The van der Waals surface area contributed by atoms with Crippen molar-refractivity contribution in [1.29, 1.82) is 0 Å².